The predicted molar refractivity (Wildman–Crippen MR) is 182 cm³/mol. The molecule has 1 amide bonds. The summed E-state index contributed by atoms with van der Waals surface area (Å²) >= 11 is 0. The molecule has 6 aromatic rings. The van der Waals surface area contributed by atoms with E-state index in [1.54, 1.807) is 7.11 Å². The zero-order valence-corrected chi connectivity index (χ0v) is 26.5. The number of hydrogen-bond donors (Lipinski definition) is 1. The van der Waals surface area contributed by atoms with Crippen molar-refractivity contribution < 1.29 is 9.53 Å². The third-order valence-electron chi connectivity index (χ3n) is 10.6. The van der Waals surface area contributed by atoms with Crippen molar-refractivity contribution >= 4 is 28.0 Å². The Kier molecular flexibility index (Phi) is 6.64. The van der Waals surface area contributed by atoms with Gasteiger partial charge >= 0.3 is 0 Å². The van der Waals surface area contributed by atoms with Crippen LogP contribution in [0, 0.1) is 5.92 Å². The molecule has 4 aromatic heterocycles. The molecular weight excluding hydrogens is 586 g/mol. The molecule has 6 heterocycles. The maximum absolute atomic E-state index is 14.0. The molecule has 9 heteroatoms. The zero-order chi connectivity index (χ0) is 31.6. The van der Waals surface area contributed by atoms with Gasteiger partial charge in [0.25, 0.3) is 5.91 Å². The van der Waals surface area contributed by atoms with E-state index in [1.165, 1.54) is 11.1 Å². The van der Waals surface area contributed by atoms with Crippen LogP contribution in [0.1, 0.15) is 47.2 Å². The lowest BCUT2D eigenvalue weighted by Gasteiger charge is -2.27. The first-order chi connectivity index (χ1) is 23.1. The van der Waals surface area contributed by atoms with E-state index in [-0.39, 0.29) is 18.0 Å². The molecule has 9 rings (SSSR count). The van der Waals surface area contributed by atoms with Gasteiger partial charge in [0, 0.05) is 60.3 Å². The fraction of sp³-hybridized carbons (Fsp3) is 0.316. The van der Waals surface area contributed by atoms with Gasteiger partial charge in [-0.15, -0.1) is 0 Å². The Balaban J connectivity index is 1.25. The highest BCUT2D eigenvalue weighted by molar-refractivity contribution is 6.00. The topological polar surface area (TPSA) is 104 Å². The number of piperidine rings is 1. The number of hydrogen-bond acceptors (Lipinski definition) is 6. The number of methoxy groups -OCH3 is 1. The minimum absolute atomic E-state index is 0.00350. The van der Waals surface area contributed by atoms with Gasteiger partial charge in [0.15, 0.2) is 5.82 Å². The van der Waals surface area contributed by atoms with E-state index in [0.29, 0.717) is 30.3 Å². The van der Waals surface area contributed by atoms with E-state index in [4.69, 9.17) is 25.4 Å². The number of nitrogens with two attached hydrogens (primary N) is 1. The quantitative estimate of drug-likeness (QED) is 0.251. The second kappa shape index (κ2) is 11.1. The summed E-state index contributed by atoms with van der Waals surface area (Å²) in [6, 6.07) is 21.1. The first-order valence-electron chi connectivity index (χ1n) is 16.7. The summed E-state index contributed by atoms with van der Waals surface area (Å²) in [5.74, 6) is 1.81. The molecule has 2 N–H and O–H groups in total. The molecule has 3 atom stereocenters. The molecule has 0 spiro atoms. The Morgan fingerprint density at radius 1 is 1.00 bits per heavy atom. The number of carbonyl (C=O) groups is 1. The molecule has 4 bridgehead atoms. The van der Waals surface area contributed by atoms with Gasteiger partial charge in [-0.1, -0.05) is 24.3 Å². The largest absolute Gasteiger partial charge is 0.494 e. The van der Waals surface area contributed by atoms with E-state index in [9.17, 15) is 4.79 Å². The van der Waals surface area contributed by atoms with Gasteiger partial charge in [-0.25, -0.2) is 9.97 Å². The third kappa shape index (κ3) is 4.55. The highest BCUT2D eigenvalue weighted by atomic mass is 16.5. The van der Waals surface area contributed by atoms with Gasteiger partial charge in [-0.2, -0.15) is 0 Å². The number of aromatic nitrogens is 5. The molecule has 47 heavy (non-hydrogen) atoms. The number of carbonyl (C=O) groups excluding carboxylic acids is 1. The lowest BCUT2D eigenvalue weighted by atomic mass is 9.96. The van der Waals surface area contributed by atoms with E-state index >= 15 is 0 Å². The normalized spacial score (nSPS) is 20.6. The molecular formula is C38H37N7O2. The van der Waals surface area contributed by atoms with Crippen LogP contribution in [0.15, 0.2) is 79.3 Å². The molecule has 3 aliphatic rings. The van der Waals surface area contributed by atoms with Crippen LogP contribution in [0.5, 0.6) is 5.75 Å². The molecule has 1 saturated carbocycles. The fourth-order valence-electron chi connectivity index (χ4n) is 8.31. The predicted octanol–water partition coefficient (Wildman–Crippen LogP) is 6.07. The number of rotatable bonds is 2. The summed E-state index contributed by atoms with van der Waals surface area (Å²) < 4.78 is 10.6. The summed E-state index contributed by atoms with van der Waals surface area (Å²) in [5, 5.41) is 1.07. The van der Waals surface area contributed by atoms with Gasteiger partial charge in [0.2, 0.25) is 0 Å². The Bertz CT molecular complexity index is 2180. The van der Waals surface area contributed by atoms with Crippen LogP contribution in [-0.2, 0) is 19.5 Å². The number of fused-ring (bicyclic) bond motifs is 13. The summed E-state index contributed by atoms with van der Waals surface area (Å²) in [6.07, 6.45) is 10.8. The Morgan fingerprint density at radius 3 is 2.77 bits per heavy atom. The number of pyridine rings is 2. The number of likely N-dealkylation sites (tertiary alicyclic amines) is 1. The average Bonchev–Trinajstić information content (AvgIpc) is 3.85. The van der Waals surface area contributed by atoms with Crippen molar-refractivity contribution in [3.8, 4) is 28.4 Å². The Labute approximate surface area is 273 Å². The maximum atomic E-state index is 14.0. The minimum atomic E-state index is -0.00350. The number of imidazole rings is 1. The van der Waals surface area contributed by atoms with Crippen molar-refractivity contribution in [3.05, 3.63) is 95.9 Å². The van der Waals surface area contributed by atoms with Crippen LogP contribution in [0.2, 0.25) is 0 Å². The molecule has 1 aliphatic carbocycles. The van der Waals surface area contributed by atoms with Gasteiger partial charge in [0.05, 0.1) is 24.9 Å². The highest BCUT2D eigenvalue weighted by Crippen LogP contribution is 2.40. The molecule has 2 aromatic carbocycles. The molecule has 236 valence electrons. The number of benzene rings is 2. The maximum Gasteiger partial charge on any atom is 0.254 e. The molecule has 9 nitrogen and oxygen atoms in total. The fourth-order valence-corrected chi connectivity index (χ4v) is 8.31. The summed E-state index contributed by atoms with van der Waals surface area (Å²) in [6.45, 7) is 2.05. The Morgan fingerprint density at radius 2 is 1.91 bits per heavy atom. The van der Waals surface area contributed by atoms with E-state index in [1.807, 2.05) is 41.7 Å². The second-order valence-electron chi connectivity index (χ2n) is 13.3. The summed E-state index contributed by atoms with van der Waals surface area (Å²) in [4.78, 5) is 30.7. The van der Waals surface area contributed by atoms with Crippen LogP contribution in [0.4, 0.5) is 0 Å². The number of aryl methyl sites for hydroxylation is 2. The van der Waals surface area contributed by atoms with Crippen LogP contribution in [0.3, 0.4) is 0 Å². The highest BCUT2D eigenvalue weighted by Gasteiger charge is 2.47. The summed E-state index contributed by atoms with van der Waals surface area (Å²) in [5.41, 5.74) is 15.3. The van der Waals surface area contributed by atoms with Crippen molar-refractivity contribution in [1.29, 1.82) is 0 Å². The van der Waals surface area contributed by atoms with Crippen LogP contribution < -0.4 is 10.5 Å². The second-order valence-corrected chi connectivity index (χ2v) is 13.3. The van der Waals surface area contributed by atoms with E-state index in [0.717, 1.165) is 83.4 Å². The molecule has 2 fully saturated rings. The van der Waals surface area contributed by atoms with Crippen molar-refractivity contribution in [2.75, 3.05) is 13.7 Å². The van der Waals surface area contributed by atoms with Crippen molar-refractivity contribution in [1.82, 2.24) is 29.0 Å². The standard InChI is InChI=1S/C38H37N7O2/c1-47-33-18-27(38(46)44-22-26-11-12-31(44)34(26)39)16-30-35(33)45-21-23-15-28(20-40-19-23)29-10-3-2-7-24(29)8-4-5-14-43-32(37(45)42-30)17-25-9-6-13-41-36(25)43/h2-3,6-7,9-10,13,15-20,26,31,34H,4-5,8,11-12,14,21-22,39H2,1H3/t26?,31?,34-/m1/s1. The first-order valence-corrected chi connectivity index (χ1v) is 16.7. The third-order valence-corrected chi connectivity index (χ3v) is 10.6. The van der Waals surface area contributed by atoms with Crippen LogP contribution >= 0.6 is 0 Å². The first kappa shape index (κ1) is 28.2. The number of ether oxygens (including phenoxy) is 1. The van der Waals surface area contributed by atoms with Crippen molar-refractivity contribution in [2.45, 2.75) is 57.3 Å². The van der Waals surface area contributed by atoms with Crippen molar-refractivity contribution in [3.63, 3.8) is 0 Å². The average molecular weight is 624 g/mol. The van der Waals surface area contributed by atoms with E-state index < -0.39 is 0 Å². The van der Waals surface area contributed by atoms with Crippen LogP contribution in [0.25, 0.3) is 44.7 Å². The molecule has 2 unspecified atom stereocenters. The van der Waals surface area contributed by atoms with Gasteiger partial charge < -0.3 is 24.5 Å². The number of nitrogens with zero attached hydrogens (tertiary/aromatic N) is 6. The smallest absolute Gasteiger partial charge is 0.254 e. The van der Waals surface area contributed by atoms with E-state index in [2.05, 4.69) is 51.6 Å². The SMILES string of the molecule is COc1cc(C(=O)N2CC3CCC2[C@@H]3N)cc2nc3n(c12)Cc1cncc(c1)-c1ccccc1CCCCn1c-3cc2cccnc21. The number of amides is 1. The monoisotopic (exact) mass is 623 g/mol. The van der Waals surface area contributed by atoms with Crippen molar-refractivity contribution in [2.24, 2.45) is 11.7 Å². The zero-order valence-electron chi connectivity index (χ0n) is 26.5. The van der Waals surface area contributed by atoms with Gasteiger partial charge in [-0.3, -0.25) is 9.78 Å². The molecule has 0 radical (unpaired) electrons. The minimum Gasteiger partial charge on any atom is -0.494 e. The summed E-state index contributed by atoms with van der Waals surface area (Å²) in [7, 11) is 1.67. The Hall–Kier alpha value is -5.02. The molecule has 2 aliphatic heterocycles. The van der Waals surface area contributed by atoms with Gasteiger partial charge in [-0.05, 0) is 91.1 Å². The molecule has 1 saturated heterocycles. The lowest BCUT2D eigenvalue weighted by molar-refractivity contribution is 0.0700. The van der Waals surface area contributed by atoms with Crippen LogP contribution in [-0.4, -0.2) is 60.6 Å². The van der Waals surface area contributed by atoms with Gasteiger partial charge in [0.1, 0.15) is 16.9 Å². The lowest BCUT2D eigenvalue weighted by Crippen LogP contribution is -2.41.